The summed E-state index contributed by atoms with van der Waals surface area (Å²) in [7, 11) is 0. The predicted molar refractivity (Wildman–Crippen MR) is 58.1 cm³/mol. The SMILES string of the molecule is CC(C)C(CO)NC(=O)C1CSCN1. The zero-order valence-electron chi connectivity index (χ0n) is 8.62. The summed E-state index contributed by atoms with van der Waals surface area (Å²) in [6, 6.07) is -0.220. The molecule has 1 heterocycles. The molecule has 1 aliphatic heterocycles. The van der Waals surface area contributed by atoms with Crippen LogP contribution in [0.2, 0.25) is 0 Å². The van der Waals surface area contributed by atoms with E-state index in [-0.39, 0.29) is 30.5 Å². The first-order valence-corrected chi connectivity index (χ1v) is 6.03. The first-order valence-electron chi connectivity index (χ1n) is 4.87. The van der Waals surface area contributed by atoms with E-state index in [1.807, 2.05) is 13.8 Å². The van der Waals surface area contributed by atoms with Gasteiger partial charge in [-0.1, -0.05) is 13.8 Å². The Kier molecular flexibility index (Phi) is 4.71. The molecule has 0 bridgehead atoms. The van der Waals surface area contributed by atoms with Crippen molar-refractivity contribution >= 4 is 17.7 Å². The first kappa shape index (κ1) is 11.8. The fraction of sp³-hybridized carbons (Fsp3) is 0.889. The lowest BCUT2D eigenvalue weighted by Gasteiger charge is -2.21. The van der Waals surface area contributed by atoms with Crippen molar-refractivity contribution in [3.63, 3.8) is 0 Å². The normalized spacial score (nSPS) is 23.9. The summed E-state index contributed by atoms with van der Waals surface area (Å²) in [5, 5.41) is 15.0. The van der Waals surface area contributed by atoms with Gasteiger partial charge in [-0.2, -0.15) is 0 Å². The Morgan fingerprint density at radius 2 is 2.43 bits per heavy atom. The zero-order valence-corrected chi connectivity index (χ0v) is 9.43. The van der Waals surface area contributed by atoms with E-state index in [0.29, 0.717) is 0 Å². The molecule has 0 aromatic rings. The van der Waals surface area contributed by atoms with Gasteiger partial charge in [0.2, 0.25) is 5.91 Å². The van der Waals surface area contributed by atoms with Crippen LogP contribution >= 0.6 is 11.8 Å². The molecule has 5 heteroatoms. The largest absolute Gasteiger partial charge is 0.394 e. The van der Waals surface area contributed by atoms with E-state index in [9.17, 15) is 4.79 Å². The van der Waals surface area contributed by atoms with Gasteiger partial charge in [0.1, 0.15) is 0 Å². The maximum absolute atomic E-state index is 11.6. The molecule has 0 aliphatic carbocycles. The van der Waals surface area contributed by atoms with Gasteiger partial charge in [-0.05, 0) is 5.92 Å². The Morgan fingerprint density at radius 3 is 2.86 bits per heavy atom. The molecule has 0 saturated carbocycles. The molecule has 3 N–H and O–H groups in total. The summed E-state index contributed by atoms with van der Waals surface area (Å²) in [5.74, 6) is 1.92. The first-order chi connectivity index (χ1) is 6.65. The average Bonchev–Trinajstić information content (AvgIpc) is 2.65. The Bertz CT molecular complexity index is 193. The van der Waals surface area contributed by atoms with Gasteiger partial charge in [0.25, 0.3) is 0 Å². The molecule has 0 aromatic heterocycles. The van der Waals surface area contributed by atoms with E-state index in [1.54, 1.807) is 11.8 Å². The van der Waals surface area contributed by atoms with Crippen LogP contribution in [-0.4, -0.2) is 41.3 Å². The molecule has 2 unspecified atom stereocenters. The van der Waals surface area contributed by atoms with Crippen LogP contribution in [-0.2, 0) is 4.79 Å². The molecule has 0 aromatic carbocycles. The number of nitrogens with one attached hydrogen (secondary N) is 2. The van der Waals surface area contributed by atoms with Gasteiger partial charge in [0.15, 0.2) is 0 Å². The standard InChI is InChI=1S/C9H18N2O2S/c1-6(2)7(3-12)11-9(13)8-4-14-5-10-8/h6-8,10,12H,3-5H2,1-2H3,(H,11,13). The molecule has 1 amide bonds. The molecule has 0 spiro atoms. The van der Waals surface area contributed by atoms with Gasteiger partial charge in [0.05, 0.1) is 18.7 Å². The minimum Gasteiger partial charge on any atom is -0.394 e. The number of carbonyl (C=O) groups excluding carboxylic acids is 1. The molecule has 1 rings (SSSR count). The third-order valence-electron chi connectivity index (χ3n) is 2.36. The summed E-state index contributed by atoms with van der Waals surface area (Å²) in [6.07, 6.45) is 0. The van der Waals surface area contributed by atoms with Gasteiger partial charge in [-0.3, -0.25) is 10.1 Å². The molecule has 1 saturated heterocycles. The second-order valence-electron chi connectivity index (χ2n) is 3.81. The summed E-state index contributed by atoms with van der Waals surface area (Å²) in [4.78, 5) is 11.6. The van der Waals surface area contributed by atoms with E-state index in [0.717, 1.165) is 11.6 Å². The third-order valence-corrected chi connectivity index (χ3v) is 3.30. The van der Waals surface area contributed by atoms with Crippen molar-refractivity contribution in [1.29, 1.82) is 0 Å². The summed E-state index contributed by atoms with van der Waals surface area (Å²) >= 11 is 1.72. The van der Waals surface area contributed by atoms with Crippen LogP contribution in [0, 0.1) is 5.92 Å². The lowest BCUT2D eigenvalue weighted by Crippen LogP contribution is -2.49. The average molecular weight is 218 g/mol. The van der Waals surface area contributed by atoms with Crippen molar-refractivity contribution < 1.29 is 9.90 Å². The Hall–Kier alpha value is -0.260. The van der Waals surface area contributed by atoms with Crippen molar-refractivity contribution in [2.24, 2.45) is 5.92 Å². The zero-order chi connectivity index (χ0) is 10.6. The minimum absolute atomic E-state index is 0.00255. The molecular formula is C9H18N2O2S. The molecular weight excluding hydrogens is 200 g/mol. The third kappa shape index (κ3) is 3.15. The number of carbonyl (C=O) groups is 1. The van der Waals surface area contributed by atoms with Crippen LogP contribution in [0.5, 0.6) is 0 Å². The van der Waals surface area contributed by atoms with Gasteiger partial charge in [-0.25, -0.2) is 0 Å². The molecule has 14 heavy (non-hydrogen) atoms. The maximum Gasteiger partial charge on any atom is 0.238 e. The van der Waals surface area contributed by atoms with Crippen LogP contribution in [0.1, 0.15) is 13.8 Å². The highest BCUT2D eigenvalue weighted by Gasteiger charge is 2.25. The lowest BCUT2D eigenvalue weighted by molar-refractivity contribution is -0.123. The fourth-order valence-corrected chi connectivity index (χ4v) is 2.21. The summed E-state index contributed by atoms with van der Waals surface area (Å²) in [6.45, 7) is 3.97. The van der Waals surface area contributed by atoms with E-state index < -0.39 is 0 Å². The van der Waals surface area contributed by atoms with Crippen LogP contribution in [0.4, 0.5) is 0 Å². The van der Waals surface area contributed by atoms with Crippen LogP contribution < -0.4 is 10.6 Å². The molecule has 4 nitrogen and oxygen atoms in total. The van der Waals surface area contributed by atoms with Gasteiger partial charge >= 0.3 is 0 Å². The van der Waals surface area contributed by atoms with Gasteiger partial charge in [-0.15, -0.1) is 11.8 Å². The highest BCUT2D eigenvalue weighted by molar-refractivity contribution is 7.99. The number of amides is 1. The predicted octanol–water partition coefficient (Wildman–Crippen LogP) is -0.218. The van der Waals surface area contributed by atoms with Gasteiger partial charge < -0.3 is 10.4 Å². The lowest BCUT2D eigenvalue weighted by atomic mass is 10.1. The topological polar surface area (TPSA) is 61.4 Å². The van der Waals surface area contributed by atoms with Crippen LogP contribution in [0.15, 0.2) is 0 Å². The number of rotatable bonds is 4. The maximum atomic E-state index is 11.6. The smallest absolute Gasteiger partial charge is 0.238 e. The molecule has 1 aliphatic rings. The molecule has 2 atom stereocenters. The Morgan fingerprint density at radius 1 is 1.71 bits per heavy atom. The summed E-state index contributed by atoms with van der Waals surface area (Å²) < 4.78 is 0. The molecule has 0 radical (unpaired) electrons. The van der Waals surface area contributed by atoms with E-state index in [4.69, 9.17) is 5.11 Å². The number of thioether (sulfide) groups is 1. The highest BCUT2D eigenvalue weighted by Crippen LogP contribution is 2.10. The number of aliphatic hydroxyl groups excluding tert-OH is 1. The second kappa shape index (κ2) is 5.58. The van der Waals surface area contributed by atoms with Gasteiger partial charge in [0, 0.05) is 11.6 Å². The fourth-order valence-electron chi connectivity index (χ4n) is 1.27. The quantitative estimate of drug-likeness (QED) is 0.610. The van der Waals surface area contributed by atoms with Crippen LogP contribution in [0.25, 0.3) is 0 Å². The number of hydrogen-bond acceptors (Lipinski definition) is 4. The number of hydrogen-bond donors (Lipinski definition) is 3. The summed E-state index contributed by atoms with van der Waals surface area (Å²) in [5.41, 5.74) is 0. The van der Waals surface area contributed by atoms with E-state index in [1.165, 1.54) is 0 Å². The van der Waals surface area contributed by atoms with E-state index >= 15 is 0 Å². The van der Waals surface area contributed by atoms with Crippen molar-refractivity contribution in [2.75, 3.05) is 18.2 Å². The van der Waals surface area contributed by atoms with Crippen molar-refractivity contribution in [2.45, 2.75) is 25.9 Å². The van der Waals surface area contributed by atoms with E-state index in [2.05, 4.69) is 10.6 Å². The highest BCUT2D eigenvalue weighted by atomic mass is 32.2. The van der Waals surface area contributed by atoms with Crippen LogP contribution in [0.3, 0.4) is 0 Å². The molecule has 82 valence electrons. The van der Waals surface area contributed by atoms with Crippen molar-refractivity contribution in [3.8, 4) is 0 Å². The molecule has 1 fully saturated rings. The Labute approximate surface area is 88.8 Å². The monoisotopic (exact) mass is 218 g/mol. The van der Waals surface area contributed by atoms with Crippen molar-refractivity contribution in [1.82, 2.24) is 10.6 Å². The number of aliphatic hydroxyl groups is 1. The Balaban J connectivity index is 2.37. The van der Waals surface area contributed by atoms with Crippen molar-refractivity contribution in [3.05, 3.63) is 0 Å². The minimum atomic E-state index is -0.130. The second-order valence-corrected chi connectivity index (χ2v) is 4.84.